The number of hydrogen-bond acceptors (Lipinski definition) is 5. The van der Waals surface area contributed by atoms with Gasteiger partial charge in [-0.2, -0.15) is 5.10 Å². The molecule has 1 aliphatic rings. The van der Waals surface area contributed by atoms with E-state index in [2.05, 4.69) is 14.9 Å². The molecule has 1 aromatic heterocycles. The van der Waals surface area contributed by atoms with Crippen LogP contribution in [0, 0.1) is 0 Å². The van der Waals surface area contributed by atoms with Crippen molar-refractivity contribution in [3.63, 3.8) is 0 Å². The molecule has 18 heavy (non-hydrogen) atoms. The Labute approximate surface area is 106 Å². The van der Waals surface area contributed by atoms with Crippen LogP contribution in [0.5, 0.6) is 0 Å². The predicted octanol–water partition coefficient (Wildman–Crippen LogP) is -0.284. The maximum Gasteiger partial charge on any atom is 0.258 e. The van der Waals surface area contributed by atoms with Gasteiger partial charge in [-0.1, -0.05) is 0 Å². The zero-order chi connectivity index (χ0) is 13.2. The standard InChI is InChI=1S/C10H18N4O3S/c1-10(3-2-4-17-7-10)14-18(15,16)9-8(5-11)6-12-13-9/h6,14H,2-5,7,11H2,1H3,(H,12,13). The fraction of sp³-hybridized carbons (Fsp3) is 0.700. The van der Waals surface area contributed by atoms with Crippen LogP contribution in [-0.2, 0) is 21.3 Å². The molecule has 0 amide bonds. The molecule has 0 saturated carbocycles. The molecular weight excluding hydrogens is 256 g/mol. The van der Waals surface area contributed by atoms with Crippen LogP contribution in [0.2, 0.25) is 0 Å². The van der Waals surface area contributed by atoms with Gasteiger partial charge < -0.3 is 10.5 Å². The lowest BCUT2D eigenvalue weighted by molar-refractivity contribution is 0.0386. The Bertz CT molecular complexity index is 505. The Morgan fingerprint density at radius 3 is 3.06 bits per heavy atom. The molecule has 0 aliphatic carbocycles. The van der Waals surface area contributed by atoms with Gasteiger partial charge in [-0.25, -0.2) is 13.1 Å². The van der Waals surface area contributed by atoms with Gasteiger partial charge in [0.1, 0.15) is 0 Å². The molecule has 1 atom stereocenters. The van der Waals surface area contributed by atoms with Gasteiger partial charge >= 0.3 is 0 Å². The number of nitrogens with zero attached hydrogens (tertiary/aromatic N) is 1. The number of nitrogens with two attached hydrogens (primary N) is 1. The summed E-state index contributed by atoms with van der Waals surface area (Å²) in [6.45, 7) is 3.01. The van der Waals surface area contributed by atoms with Gasteiger partial charge in [-0.05, 0) is 19.8 Å². The van der Waals surface area contributed by atoms with Gasteiger partial charge in [0.25, 0.3) is 10.0 Å². The van der Waals surface area contributed by atoms with E-state index in [1.54, 1.807) is 0 Å². The van der Waals surface area contributed by atoms with Crippen LogP contribution < -0.4 is 10.5 Å². The summed E-state index contributed by atoms with van der Waals surface area (Å²) < 4.78 is 32.5. The fourth-order valence-electron chi connectivity index (χ4n) is 2.07. The van der Waals surface area contributed by atoms with E-state index in [0.717, 1.165) is 12.8 Å². The van der Waals surface area contributed by atoms with Crippen LogP contribution >= 0.6 is 0 Å². The Hall–Kier alpha value is -0.960. The van der Waals surface area contributed by atoms with Gasteiger partial charge in [0, 0.05) is 18.7 Å². The second kappa shape index (κ2) is 4.96. The monoisotopic (exact) mass is 274 g/mol. The quantitative estimate of drug-likeness (QED) is 0.699. The molecular formula is C10H18N4O3S. The van der Waals surface area contributed by atoms with E-state index in [4.69, 9.17) is 10.5 Å². The van der Waals surface area contributed by atoms with Crippen LogP contribution in [0.25, 0.3) is 0 Å². The highest BCUT2D eigenvalue weighted by Gasteiger charge is 2.34. The first-order valence-corrected chi connectivity index (χ1v) is 7.29. The lowest BCUT2D eigenvalue weighted by atomic mass is 9.97. The van der Waals surface area contributed by atoms with Crippen LogP contribution in [0.1, 0.15) is 25.3 Å². The lowest BCUT2D eigenvalue weighted by Gasteiger charge is -2.33. The van der Waals surface area contributed by atoms with Crippen LogP contribution in [0.4, 0.5) is 0 Å². The molecule has 1 unspecified atom stereocenters. The van der Waals surface area contributed by atoms with Crippen molar-refractivity contribution in [1.29, 1.82) is 0 Å². The van der Waals surface area contributed by atoms with E-state index in [1.807, 2.05) is 6.92 Å². The fourth-order valence-corrected chi connectivity index (χ4v) is 3.63. The molecule has 1 fully saturated rings. The largest absolute Gasteiger partial charge is 0.380 e. The average Bonchev–Trinajstić information content (AvgIpc) is 2.77. The third-order valence-electron chi connectivity index (χ3n) is 2.99. The molecule has 1 aliphatic heterocycles. The van der Waals surface area contributed by atoms with Crippen molar-refractivity contribution in [3.8, 4) is 0 Å². The number of H-pyrrole nitrogens is 1. The summed E-state index contributed by atoms with van der Waals surface area (Å²) in [4.78, 5) is 0. The highest BCUT2D eigenvalue weighted by molar-refractivity contribution is 7.89. The van der Waals surface area contributed by atoms with E-state index in [0.29, 0.717) is 18.8 Å². The van der Waals surface area contributed by atoms with Crippen molar-refractivity contribution < 1.29 is 13.2 Å². The molecule has 0 spiro atoms. The Kier molecular flexibility index (Phi) is 3.71. The summed E-state index contributed by atoms with van der Waals surface area (Å²) in [5.74, 6) is 0. The number of sulfonamides is 1. The second-order valence-corrected chi connectivity index (χ2v) is 6.37. The topological polar surface area (TPSA) is 110 Å². The SMILES string of the molecule is CC1(NS(=O)(=O)c2[nH]ncc2CN)CCCOC1. The molecule has 2 rings (SSSR count). The zero-order valence-corrected chi connectivity index (χ0v) is 11.1. The molecule has 102 valence electrons. The average molecular weight is 274 g/mol. The normalized spacial score (nSPS) is 25.2. The van der Waals surface area contributed by atoms with Crippen molar-refractivity contribution in [2.24, 2.45) is 5.73 Å². The first-order chi connectivity index (χ1) is 8.47. The molecule has 7 nitrogen and oxygen atoms in total. The smallest absolute Gasteiger partial charge is 0.258 e. The minimum absolute atomic E-state index is 0.0387. The molecule has 0 radical (unpaired) electrons. The van der Waals surface area contributed by atoms with E-state index in [1.165, 1.54) is 6.20 Å². The number of aromatic nitrogens is 2. The van der Waals surface area contributed by atoms with Crippen molar-refractivity contribution in [2.75, 3.05) is 13.2 Å². The van der Waals surface area contributed by atoms with Crippen molar-refractivity contribution >= 4 is 10.0 Å². The number of aromatic amines is 1. The number of nitrogens with one attached hydrogen (secondary N) is 2. The highest BCUT2D eigenvalue weighted by Crippen LogP contribution is 2.22. The molecule has 4 N–H and O–H groups in total. The molecule has 2 heterocycles. The Morgan fingerprint density at radius 2 is 2.44 bits per heavy atom. The van der Waals surface area contributed by atoms with Crippen LogP contribution in [-0.4, -0.2) is 37.4 Å². The zero-order valence-electron chi connectivity index (χ0n) is 10.3. The number of ether oxygens (including phenoxy) is 1. The van der Waals surface area contributed by atoms with E-state index in [-0.39, 0.29) is 11.6 Å². The first-order valence-electron chi connectivity index (χ1n) is 5.81. The third-order valence-corrected chi connectivity index (χ3v) is 4.64. The summed E-state index contributed by atoms with van der Waals surface area (Å²) in [6.07, 6.45) is 3.01. The summed E-state index contributed by atoms with van der Waals surface area (Å²) >= 11 is 0. The summed E-state index contributed by atoms with van der Waals surface area (Å²) in [6, 6.07) is 0. The maximum atomic E-state index is 12.3. The van der Waals surface area contributed by atoms with Gasteiger partial charge in [0.15, 0.2) is 5.03 Å². The van der Waals surface area contributed by atoms with E-state index < -0.39 is 15.6 Å². The summed E-state index contributed by atoms with van der Waals surface area (Å²) in [7, 11) is -3.65. The second-order valence-electron chi connectivity index (χ2n) is 4.75. The van der Waals surface area contributed by atoms with Gasteiger partial charge in [-0.15, -0.1) is 0 Å². The Morgan fingerprint density at radius 1 is 1.67 bits per heavy atom. The molecule has 1 saturated heterocycles. The van der Waals surface area contributed by atoms with Crippen molar-refractivity contribution in [3.05, 3.63) is 11.8 Å². The lowest BCUT2D eigenvalue weighted by Crippen LogP contribution is -2.51. The Balaban J connectivity index is 2.21. The van der Waals surface area contributed by atoms with Gasteiger partial charge in [0.05, 0.1) is 18.3 Å². The van der Waals surface area contributed by atoms with E-state index in [9.17, 15) is 8.42 Å². The minimum Gasteiger partial charge on any atom is -0.380 e. The molecule has 0 aromatic carbocycles. The molecule has 1 aromatic rings. The van der Waals surface area contributed by atoms with E-state index >= 15 is 0 Å². The number of rotatable bonds is 4. The van der Waals surface area contributed by atoms with Crippen LogP contribution in [0.3, 0.4) is 0 Å². The number of hydrogen-bond donors (Lipinski definition) is 3. The summed E-state index contributed by atoms with van der Waals surface area (Å²) in [5.41, 5.74) is 5.38. The highest BCUT2D eigenvalue weighted by atomic mass is 32.2. The molecule has 8 heteroatoms. The predicted molar refractivity (Wildman–Crippen MR) is 65.3 cm³/mol. The van der Waals surface area contributed by atoms with Gasteiger partial charge in [-0.3, -0.25) is 5.10 Å². The van der Waals surface area contributed by atoms with Gasteiger partial charge in [0.2, 0.25) is 0 Å². The van der Waals surface area contributed by atoms with Crippen molar-refractivity contribution in [2.45, 2.75) is 36.9 Å². The van der Waals surface area contributed by atoms with Crippen molar-refractivity contribution in [1.82, 2.24) is 14.9 Å². The van der Waals surface area contributed by atoms with Crippen LogP contribution in [0.15, 0.2) is 11.2 Å². The third kappa shape index (κ3) is 2.72. The maximum absolute atomic E-state index is 12.3. The molecule has 0 bridgehead atoms. The first kappa shape index (κ1) is 13.5. The summed E-state index contributed by atoms with van der Waals surface area (Å²) in [5, 5.41) is 6.24. The minimum atomic E-state index is -3.65.